The molecule has 1 aliphatic rings. The molecule has 1 saturated heterocycles. The number of hydrogen-bond donors (Lipinski definition) is 0. The Kier molecular flexibility index (Phi) is 1.51. The lowest BCUT2D eigenvalue weighted by atomic mass is 10.2. The topological polar surface area (TPSA) is 20.3 Å². The molecule has 8 heavy (non-hydrogen) atoms. The Labute approximate surface area is 49.5 Å². The van der Waals surface area contributed by atoms with E-state index < -0.39 is 0 Å². The predicted molar refractivity (Wildman–Crippen MR) is 31.0 cm³/mol. The van der Waals surface area contributed by atoms with Crippen molar-refractivity contribution < 1.29 is 4.79 Å². The van der Waals surface area contributed by atoms with Crippen LogP contribution in [0, 0.1) is 5.92 Å². The van der Waals surface area contributed by atoms with Crippen LogP contribution in [0.15, 0.2) is 0 Å². The zero-order valence-corrected chi connectivity index (χ0v) is 5.05. The van der Waals surface area contributed by atoms with Crippen molar-refractivity contribution in [3.63, 3.8) is 0 Å². The summed E-state index contributed by atoms with van der Waals surface area (Å²) in [6.45, 7) is 3.96. The van der Waals surface area contributed by atoms with Gasteiger partial charge in [0.15, 0.2) is 0 Å². The van der Waals surface area contributed by atoms with Crippen molar-refractivity contribution in [1.29, 1.82) is 0 Å². The van der Waals surface area contributed by atoms with Crippen LogP contribution in [0.25, 0.3) is 0 Å². The molecule has 45 valence electrons. The lowest BCUT2D eigenvalue weighted by molar-refractivity contribution is 0.429. The highest BCUT2D eigenvalue weighted by Gasteiger charge is 2.16. The molecule has 0 spiro atoms. The summed E-state index contributed by atoms with van der Waals surface area (Å²) in [6.07, 6.45) is 3.03. The van der Waals surface area contributed by atoms with Crippen LogP contribution in [-0.2, 0) is 4.79 Å². The first-order valence-corrected chi connectivity index (χ1v) is 2.95. The molecule has 2 nitrogen and oxygen atoms in total. The molecule has 1 fully saturated rings. The van der Waals surface area contributed by atoms with E-state index in [9.17, 15) is 4.79 Å². The van der Waals surface area contributed by atoms with Crippen molar-refractivity contribution >= 4 is 6.41 Å². The van der Waals surface area contributed by atoms with Gasteiger partial charge in [0.2, 0.25) is 0 Å². The highest BCUT2D eigenvalue weighted by Crippen LogP contribution is 2.11. The van der Waals surface area contributed by atoms with Crippen molar-refractivity contribution in [2.75, 3.05) is 13.1 Å². The van der Waals surface area contributed by atoms with E-state index in [0.29, 0.717) is 5.92 Å². The molecular weight excluding hydrogens is 102 g/mol. The van der Waals surface area contributed by atoms with Crippen LogP contribution >= 0.6 is 0 Å². The number of hydrogen-bond acceptors (Lipinski definition) is 1. The zero-order chi connectivity index (χ0) is 5.98. The first-order valence-electron chi connectivity index (χ1n) is 2.95. The summed E-state index contributed by atoms with van der Waals surface area (Å²) in [5.74, 6) is 0.691. The van der Waals surface area contributed by atoms with Crippen LogP contribution in [0.4, 0.5) is 0 Å². The summed E-state index contributed by atoms with van der Waals surface area (Å²) in [7, 11) is 0. The maximum Gasteiger partial charge on any atom is 0.312 e. The largest absolute Gasteiger partial charge is 0.334 e. The average molecular weight is 112 g/mol. The summed E-state index contributed by atoms with van der Waals surface area (Å²) in [4.78, 5) is 11.7. The molecule has 1 heterocycles. The fraction of sp³-hybridized carbons (Fsp3) is 0.833. The standard InChI is InChI=1S/C6H10NO/c1-6-2-3-7(4-6)5-8/h6H,2-4H2,1H3. The second-order valence-electron chi connectivity index (χ2n) is 2.43. The van der Waals surface area contributed by atoms with Crippen LogP contribution in [0.2, 0.25) is 0 Å². The van der Waals surface area contributed by atoms with Gasteiger partial charge >= 0.3 is 6.41 Å². The van der Waals surface area contributed by atoms with Gasteiger partial charge in [-0.15, -0.1) is 0 Å². The molecule has 0 saturated carbocycles. The Morgan fingerprint density at radius 2 is 2.50 bits per heavy atom. The third-order valence-corrected chi connectivity index (χ3v) is 1.55. The maximum atomic E-state index is 9.95. The molecule has 1 radical (unpaired) electrons. The number of carbonyl (C=O) groups excluding carboxylic acids is 1. The summed E-state index contributed by atoms with van der Waals surface area (Å²) >= 11 is 0. The molecule has 0 aliphatic carbocycles. The Morgan fingerprint density at radius 1 is 1.75 bits per heavy atom. The lowest BCUT2D eigenvalue weighted by Crippen LogP contribution is -2.17. The van der Waals surface area contributed by atoms with Gasteiger partial charge in [-0.25, -0.2) is 0 Å². The maximum absolute atomic E-state index is 9.95. The minimum atomic E-state index is 0.691. The average Bonchev–Trinajstić information content (AvgIpc) is 2.14. The molecule has 1 aliphatic heterocycles. The number of likely N-dealkylation sites (tertiary alicyclic amines) is 1. The first-order chi connectivity index (χ1) is 3.83. The molecule has 1 amide bonds. The number of rotatable bonds is 1. The smallest absolute Gasteiger partial charge is 0.312 e. The van der Waals surface area contributed by atoms with Gasteiger partial charge in [-0.3, -0.25) is 4.79 Å². The van der Waals surface area contributed by atoms with E-state index in [-0.39, 0.29) is 0 Å². The molecule has 0 N–H and O–H groups in total. The second kappa shape index (κ2) is 2.16. The SMILES string of the molecule is CC1CCN([C]=O)C1. The Bertz CT molecular complexity index is 92.5. The van der Waals surface area contributed by atoms with Crippen LogP contribution in [0.5, 0.6) is 0 Å². The van der Waals surface area contributed by atoms with Crippen LogP contribution in [0.1, 0.15) is 13.3 Å². The van der Waals surface area contributed by atoms with Crippen LogP contribution in [-0.4, -0.2) is 24.4 Å². The molecule has 0 aromatic heterocycles. The fourth-order valence-corrected chi connectivity index (χ4v) is 1.02. The Hall–Kier alpha value is -0.530. The molecule has 1 atom stereocenters. The summed E-state index contributed by atoms with van der Waals surface area (Å²) in [5.41, 5.74) is 0. The van der Waals surface area contributed by atoms with Crippen LogP contribution < -0.4 is 0 Å². The molecule has 1 rings (SSSR count). The third-order valence-electron chi connectivity index (χ3n) is 1.55. The minimum absolute atomic E-state index is 0.691. The molecule has 0 aromatic carbocycles. The van der Waals surface area contributed by atoms with E-state index in [4.69, 9.17) is 0 Å². The number of amides is 1. The van der Waals surface area contributed by atoms with Crippen molar-refractivity contribution in [2.45, 2.75) is 13.3 Å². The third kappa shape index (κ3) is 0.997. The Morgan fingerprint density at radius 3 is 2.75 bits per heavy atom. The second-order valence-corrected chi connectivity index (χ2v) is 2.43. The van der Waals surface area contributed by atoms with Gasteiger partial charge in [-0.05, 0) is 12.3 Å². The van der Waals surface area contributed by atoms with Gasteiger partial charge < -0.3 is 4.90 Å². The highest BCUT2D eigenvalue weighted by molar-refractivity contribution is 5.48. The molecule has 0 aromatic rings. The van der Waals surface area contributed by atoms with Gasteiger partial charge in [-0.2, -0.15) is 0 Å². The van der Waals surface area contributed by atoms with Crippen molar-refractivity contribution in [3.05, 3.63) is 0 Å². The van der Waals surface area contributed by atoms with Crippen molar-refractivity contribution in [1.82, 2.24) is 4.90 Å². The Balaban J connectivity index is 2.32. The summed E-state index contributed by atoms with van der Waals surface area (Å²) < 4.78 is 0. The quantitative estimate of drug-likeness (QED) is 0.480. The van der Waals surface area contributed by atoms with E-state index in [1.54, 1.807) is 4.90 Å². The van der Waals surface area contributed by atoms with Gasteiger partial charge in [0, 0.05) is 13.1 Å². The zero-order valence-electron chi connectivity index (χ0n) is 5.05. The lowest BCUT2D eigenvalue weighted by Gasteiger charge is -2.03. The van der Waals surface area contributed by atoms with E-state index in [1.165, 1.54) is 0 Å². The normalized spacial score (nSPS) is 28.6. The van der Waals surface area contributed by atoms with E-state index in [1.807, 2.05) is 6.41 Å². The van der Waals surface area contributed by atoms with E-state index in [2.05, 4.69) is 6.92 Å². The fourth-order valence-electron chi connectivity index (χ4n) is 1.02. The van der Waals surface area contributed by atoms with Gasteiger partial charge in [-0.1, -0.05) is 6.92 Å². The molecule has 0 bridgehead atoms. The van der Waals surface area contributed by atoms with E-state index in [0.717, 1.165) is 19.5 Å². The first kappa shape index (κ1) is 5.60. The molecule has 2 heteroatoms. The van der Waals surface area contributed by atoms with Crippen molar-refractivity contribution in [2.24, 2.45) is 5.92 Å². The number of nitrogens with zero attached hydrogens (tertiary/aromatic N) is 1. The van der Waals surface area contributed by atoms with Gasteiger partial charge in [0.05, 0.1) is 0 Å². The predicted octanol–water partition coefficient (Wildman–Crippen LogP) is 0.395. The van der Waals surface area contributed by atoms with E-state index >= 15 is 0 Å². The van der Waals surface area contributed by atoms with Crippen molar-refractivity contribution in [3.8, 4) is 0 Å². The van der Waals surface area contributed by atoms with Gasteiger partial charge in [0.25, 0.3) is 0 Å². The molecule has 1 unspecified atom stereocenters. The summed E-state index contributed by atoms with van der Waals surface area (Å²) in [5, 5.41) is 0. The van der Waals surface area contributed by atoms with Gasteiger partial charge in [0.1, 0.15) is 0 Å². The molecular formula is C6H10NO. The monoisotopic (exact) mass is 112 g/mol. The highest BCUT2D eigenvalue weighted by atomic mass is 16.1. The summed E-state index contributed by atoms with van der Waals surface area (Å²) in [6, 6.07) is 0. The minimum Gasteiger partial charge on any atom is -0.334 e. The van der Waals surface area contributed by atoms with Crippen LogP contribution in [0.3, 0.4) is 0 Å².